The molecule has 1 aliphatic carbocycles. The minimum atomic E-state index is -0.400. The summed E-state index contributed by atoms with van der Waals surface area (Å²) in [7, 11) is 4.28. The maximum absolute atomic E-state index is 9.79. The molecule has 0 aliphatic heterocycles. The van der Waals surface area contributed by atoms with Gasteiger partial charge < -0.3 is 20.1 Å². The van der Waals surface area contributed by atoms with E-state index in [9.17, 15) is 5.11 Å². The van der Waals surface area contributed by atoms with Gasteiger partial charge in [0.25, 0.3) is 0 Å². The van der Waals surface area contributed by atoms with Gasteiger partial charge in [0, 0.05) is 25.2 Å². The smallest absolute Gasteiger partial charge is 0.0897 e. The summed E-state index contributed by atoms with van der Waals surface area (Å²) in [5.74, 6) is 0.525. The first-order chi connectivity index (χ1) is 8.46. The van der Waals surface area contributed by atoms with Crippen molar-refractivity contribution in [2.75, 3.05) is 40.4 Å². The molecule has 0 radical (unpaired) electrons. The molecule has 0 bridgehead atoms. The fourth-order valence-electron chi connectivity index (χ4n) is 2.34. The van der Waals surface area contributed by atoms with Gasteiger partial charge in [0.05, 0.1) is 12.7 Å². The molecule has 0 heterocycles. The lowest BCUT2D eigenvalue weighted by atomic mass is 9.75. The van der Waals surface area contributed by atoms with Crippen LogP contribution in [0.5, 0.6) is 0 Å². The Morgan fingerprint density at radius 3 is 2.39 bits per heavy atom. The first-order valence-electron chi connectivity index (χ1n) is 7.10. The molecule has 1 rings (SSSR count). The molecular weight excluding hydrogens is 228 g/mol. The maximum atomic E-state index is 9.79. The molecule has 1 saturated carbocycles. The van der Waals surface area contributed by atoms with Crippen LogP contribution in [0.4, 0.5) is 0 Å². The number of nitrogens with one attached hydrogen (secondary N) is 1. The van der Waals surface area contributed by atoms with E-state index in [2.05, 4.69) is 38.2 Å². The van der Waals surface area contributed by atoms with Crippen LogP contribution in [-0.4, -0.2) is 62.0 Å². The lowest BCUT2D eigenvalue weighted by Gasteiger charge is -2.47. The zero-order valence-corrected chi connectivity index (χ0v) is 12.4. The van der Waals surface area contributed by atoms with Crippen molar-refractivity contribution >= 4 is 0 Å². The zero-order valence-electron chi connectivity index (χ0n) is 12.4. The quantitative estimate of drug-likeness (QED) is 0.650. The predicted molar refractivity (Wildman–Crippen MR) is 74.8 cm³/mol. The van der Waals surface area contributed by atoms with E-state index in [4.69, 9.17) is 4.74 Å². The molecule has 0 amide bonds. The topological polar surface area (TPSA) is 44.7 Å². The van der Waals surface area contributed by atoms with Crippen molar-refractivity contribution in [2.24, 2.45) is 5.92 Å². The Bertz CT molecular complexity index is 228. The number of nitrogens with zero attached hydrogens (tertiary/aromatic N) is 1. The molecule has 1 aliphatic rings. The van der Waals surface area contributed by atoms with E-state index >= 15 is 0 Å². The van der Waals surface area contributed by atoms with Gasteiger partial charge in [-0.3, -0.25) is 0 Å². The molecule has 18 heavy (non-hydrogen) atoms. The second kappa shape index (κ2) is 7.43. The van der Waals surface area contributed by atoms with Crippen LogP contribution >= 0.6 is 0 Å². The monoisotopic (exact) mass is 258 g/mol. The molecule has 108 valence electrons. The second-order valence-corrected chi connectivity index (χ2v) is 6.19. The van der Waals surface area contributed by atoms with Crippen LogP contribution < -0.4 is 5.32 Å². The van der Waals surface area contributed by atoms with Gasteiger partial charge in [-0.15, -0.1) is 0 Å². The van der Waals surface area contributed by atoms with Crippen molar-refractivity contribution in [1.29, 1.82) is 0 Å². The number of aliphatic hydroxyl groups excluding tert-OH is 1. The minimum absolute atomic E-state index is 0.318. The van der Waals surface area contributed by atoms with Crippen molar-refractivity contribution in [3.63, 3.8) is 0 Å². The van der Waals surface area contributed by atoms with Crippen molar-refractivity contribution in [2.45, 2.75) is 44.8 Å². The molecule has 1 atom stereocenters. The molecular formula is C14H30N2O2. The van der Waals surface area contributed by atoms with Gasteiger partial charge in [-0.25, -0.2) is 0 Å². The van der Waals surface area contributed by atoms with E-state index in [1.807, 2.05) is 0 Å². The number of ether oxygens (including phenoxy) is 1. The van der Waals surface area contributed by atoms with E-state index in [1.165, 1.54) is 19.3 Å². The number of hydrogen-bond donors (Lipinski definition) is 2. The van der Waals surface area contributed by atoms with E-state index in [0.29, 0.717) is 24.6 Å². The molecule has 4 heteroatoms. The van der Waals surface area contributed by atoms with Crippen LogP contribution in [0.15, 0.2) is 0 Å². The van der Waals surface area contributed by atoms with Crippen LogP contribution in [0, 0.1) is 5.92 Å². The van der Waals surface area contributed by atoms with Crippen LogP contribution in [0.2, 0.25) is 0 Å². The van der Waals surface area contributed by atoms with E-state index < -0.39 is 6.10 Å². The molecule has 0 aromatic carbocycles. The molecule has 4 nitrogen and oxygen atoms in total. The Labute approximate surface area is 112 Å². The van der Waals surface area contributed by atoms with Gasteiger partial charge in [0.1, 0.15) is 0 Å². The summed E-state index contributed by atoms with van der Waals surface area (Å²) in [6, 6.07) is 0. The first-order valence-corrected chi connectivity index (χ1v) is 7.10. The lowest BCUT2D eigenvalue weighted by Crippen LogP contribution is -2.57. The fourth-order valence-corrected chi connectivity index (χ4v) is 2.34. The fraction of sp³-hybridized carbons (Fsp3) is 1.00. The summed E-state index contributed by atoms with van der Waals surface area (Å²) in [4.78, 5) is 2.31. The standard InChI is InChI=1S/C14H30N2O2/c1-12(2)9-18-10-13(17)8-15-11-14(16(3)4)6-5-7-14/h12-13,15,17H,5-11H2,1-4H3. The van der Waals surface area contributed by atoms with Crippen LogP contribution in [0.25, 0.3) is 0 Å². The average molecular weight is 258 g/mol. The summed E-state index contributed by atoms with van der Waals surface area (Å²) < 4.78 is 5.43. The van der Waals surface area contributed by atoms with Crippen molar-refractivity contribution in [3.05, 3.63) is 0 Å². The van der Waals surface area contributed by atoms with Crippen molar-refractivity contribution < 1.29 is 9.84 Å². The largest absolute Gasteiger partial charge is 0.389 e. The normalized spacial score (nSPS) is 20.2. The summed E-state index contributed by atoms with van der Waals surface area (Å²) in [6.45, 7) is 6.96. The highest BCUT2D eigenvalue weighted by Crippen LogP contribution is 2.35. The van der Waals surface area contributed by atoms with Gasteiger partial charge in [0.2, 0.25) is 0 Å². The van der Waals surface area contributed by atoms with Crippen molar-refractivity contribution in [3.8, 4) is 0 Å². The third-order valence-electron chi connectivity index (χ3n) is 3.83. The first kappa shape index (κ1) is 15.9. The third kappa shape index (κ3) is 4.84. The Balaban J connectivity index is 2.09. The molecule has 1 fully saturated rings. The van der Waals surface area contributed by atoms with E-state index in [-0.39, 0.29) is 0 Å². The van der Waals surface area contributed by atoms with Gasteiger partial charge in [-0.05, 0) is 39.3 Å². The van der Waals surface area contributed by atoms with Crippen molar-refractivity contribution in [1.82, 2.24) is 10.2 Å². The summed E-state index contributed by atoms with van der Waals surface area (Å²) in [5, 5.41) is 13.2. The maximum Gasteiger partial charge on any atom is 0.0897 e. The number of rotatable bonds is 9. The third-order valence-corrected chi connectivity index (χ3v) is 3.83. The Morgan fingerprint density at radius 1 is 1.28 bits per heavy atom. The van der Waals surface area contributed by atoms with E-state index in [0.717, 1.165) is 13.2 Å². The molecule has 1 unspecified atom stereocenters. The summed E-state index contributed by atoms with van der Waals surface area (Å²) in [5.41, 5.74) is 0.318. The lowest BCUT2D eigenvalue weighted by molar-refractivity contribution is 0.0190. The average Bonchev–Trinajstić information content (AvgIpc) is 2.20. The predicted octanol–water partition coefficient (Wildman–Crippen LogP) is 1.09. The zero-order chi connectivity index (χ0) is 13.6. The highest BCUT2D eigenvalue weighted by atomic mass is 16.5. The molecule has 2 N–H and O–H groups in total. The number of aliphatic hydroxyl groups is 1. The number of likely N-dealkylation sites (N-methyl/N-ethyl adjacent to an activating group) is 1. The number of hydrogen-bond acceptors (Lipinski definition) is 4. The van der Waals surface area contributed by atoms with Gasteiger partial charge in [0.15, 0.2) is 0 Å². The Hall–Kier alpha value is -0.160. The Morgan fingerprint density at radius 2 is 1.94 bits per heavy atom. The highest BCUT2D eigenvalue weighted by Gasteiger charge is 2.38. The van der Waals surface area contributed by atoms with Gasteiger partial charge in [-0.2, -0.15) is 0 Å². The second-order valence-electron chi connectivity index (χ2n) is 6.19. The Kier molecular flexibility index (Phi) is 6.57. The highest BCUT2D eigenvalue weighted by molar-refractivity contribution is 4.97. The van der Waals surface area contributed by atoms with Crippen LogP contribution in [-0.2, 0) is 4.74 Å². The minimum Gasteiger partial charge on any atom is -0.389 e. The summed E-state index contributed by atoms with van der Waals surface area (Å²) >= 11 is 0. The van der Waals surface area contributed by atoms with Crippen LogP contribution in [0.3, 0.4) is 0 Å². The van der Waals surface area contributed by atoms with Crippen LogP contribution in [0.1, 0.15) is 33.1 Å². The molecule has 0 aromatic rings. The van der Waals surface area contributed by atoms with E-state index in [1.54, 1.807) is 0 Å². The molecule has 0 saturated heterocycles. The van der Waals surface area contributed by atoms with Gasteiger partial charge in [-0.1, -0.05) is 13.8 Å². The van der Waals surface area contributed by atoms with Gasteiger partial charge >= 0.3 is 0 Å². The SMILES string of the molecule is CC(C)COCC(O)CNCC1(N(C)C)CCC1. The summed E-state index contributed by atoms with van der Waals surface area (Å²) in [6.07, 6.45) is 3.43. The molecule has 0 aromatic heterocycles. The molecule has 0 spiro atoms.